The molecule has 0 aliphatic carbocycles. The lowest BCUT2D eigenvalue weighted by molar-refractivity contribution is 0.390. The zero-order valence-corrected chi connectivity index (χ0v) is 9.32. The number of nitrogens with one attached hydrogen (secondary N) is 1. The molecule has 4 nitrogen and oxygen atoms in total. The summed E-state index contributed by atoms with van der Waals surface area (Å²) >= 11 is 0. The molecule has 80 valence electrons. The van der Waals surface area contributed by atoms with E-state index in [0.717, 1.165) is 24.7 Å². The summed E-state index contributed by atoms with van der Waals surface area (Å²) in [4.78, 5) is 0. The van der Waals surface area contributed by atoms with Crippen LogP contribution in [0.2, 0.25) is 0 Å². The molecule has 0 unspecified atom stereocenters. The third kappa shape index (κ3) is 3.10. The van der Waals surface area contributed by atoms with Gasteiger partial charge in [-0.2, -0.15) is 0 Å². The standard InChI is InChI=1S/C10H20N4/c1-4-9(5-2)7-14-8-10(6-11-3)12-13-14/h8-9,11H,4-7H2,1-3H3. The van der Waals surface area contributed by atoms with Gasteiger partial charge in [0.2, 0.25) is 0 Å². The maximum atomic E-state index is 4.10. The highest BCUT2D eigenvalue weighted by Crippen LogP contribution is 2.09. The molecule has 0 spiro atoms. The maximum Gasteiger partial charge on any atom is 0.0964 e. The van der Waals surface area contributed by atoms with Gasteiger partial charge in [0, 0.05) is 19.3 Å². The molecular formula is C10H20N4. The maximum absolute atomic E-state index is 4.10. The van der Waals surface area contributed by atoms with Gasteiger partial charge in [0.1, 0.15) is 0 Å². The van der Waals surface area contributed by atoms with Gasteiger partial charge >= 0.3 is 0 Å². The summed E-state index contributed by atoms with van der Waals surface area (Å²) < 4.78 is 1.95. The highest BCUT2D eigenvalue weighted by molar-refractivity contribution is 4.91. The molecule has 0 amide bonds. The Kier molecular flexibility index (Phi) is 4.59. The Bertz CT molecular complexity index is 252. The van der Waals surface area contributed by atoms with Gasteiger partial charge in [-0.05, 0) is 13.0 Å². The van der Waals surface area contributed by atoms with Crippen molar-refractivity contribution in [1.29, 1.82) is 0 Å². The molecule has 0 aliphatic rings. The van der Waals surface area contributed by atoms with E-state index in [2.05, 4.69) is 29.5 Å². The van der Waals surface area contributed by atoms with Crippen molar-refractivity contribution in [2.75, 3.05) is 7.05 Å². The molecule has 4 heteroatoms. The molecule has 1 N–H and O–H groups in total. The summed E-state index contributed by atoms with van der Waals surface area (Å²) in [7, 11) is 1.92. The van der Waals surface area contributed by atoms with Gasteiger partial charge in [0.15, 0.2) is 0 Å². The van der Waals surface area contributed by atoms with Crippen LogP contribution in [0.25, 0.3) is 0 Å². The summed E-state index contributed by atoms with van der Waals surface area (Å²) in [5, 5.41) is 11.2. The Morgan fingerprint density at radius 2 is 2.14 bits per heavy atom. The van der Waals surface area contributed by atoms with Crippen molar-refractivity contribution in [3.63, 3.8) is 0 Å². The molecule has 0 bridgehead atoms. The minimum atomic E-state index is 0.721. The first-order valence-corrected chi connectivity index (χ1v) is 5.33. The van der Waals surface area contributed by atoms with Gasteiger partial charge in [-0.25, -0.2) is 0 Å². The van der Waals surface area contributed by atoms with E-state index in [9.17, 15) is 0 Å². The Labute approximate surface area is 85.7 Å². The number of hydrogen-bond donors (Lipinski definition) is 1. The molecule has 1 rings (SSSR count). The van der Waals surface area contributed by atoms with E-state index in [1.54, 1.807) is 0 Å². The second-order valence-electron chi connectivity index (χ2n) is 3.64. The number of aromatic nitrogens is 3. The Morgan fingerprint density at radius 1 is 1.43 bits per heavy atom. The van der Waals surface area contributed by atoms with Crippen molar-refractivity contribution in [3.8, 4) is 0 Å². The van der Waals surface area contributed by atoms with Gasteiger partial charge in [0.25, 0.3) is 0 Å². The number of rotatable bonds is 6. The summed E-state index contributed by atoms with van der Waals surface area (Å²) in [6.07, 6.45) is 4.43. The van der Waals surface area contributed by atoms with Crippen molar-refractivity contribution >= 4 is 0 Å². The molecule has 0 saturated carbocycles. The molecule has 0 radical (unpaired) electrons. The molecule has 1 aromatic heterocycles. The minimum Gasteiger partial charge on any atom is -0.314 e. The quantitative estimate of drug-likeness (QED) is 0.748. The third-order valence-corrected chi connectivity index (χ3v) is 2.54. The lowest BCUT2D eigenvalue weighted by Gasteiger charge is -2.10. The smallest absolute Gasteiger partial charge is 0.0964 e. The molecule has 0 aliphatic heterocycles. The lowest BCUT2D eigenvalue weighted by Crippen LogP contribution is -2.09. The predicted octanol–water partition coefficient (Wildman–Crippen LogP) is 1.43. The third-order valence-electron chi connectivity index (χ3n) is 2.54. The van der Waals surface area contributed by atoms with E-state index >= 15 is 0 Å². The Balaban J connectivity index is 2.49. The van der Waals surface area contributed by atoms with E-state index in [1.165, 1.54) is 12.8 Å². The van der Waals surface area contributed by atoms with Crippen LogP contribution in [0.15, 0.2) is 6.20 Å². The highest BCUT2D eigenvalue weighted by atomic mass is 15.4. The predicted molar refractivity (Wildman–Crippen MR) is 56.9 cm³/mol. The minimum absolute atomic E-state index is 0.721. The van der Waals surface area contributed by atoms with Crippen LogP contribution >= 0.6 is 0 Å². The molecule has 0 fully saturated rings. The largest absolute Gasteiger partial charge is 0.314 e. The van der Waals surface area contributed by atoms with Crippen LogP contribution in [-0.4, -0.2) is 22.0 Å². The molecule has 1 aromatic rings. The van der Waals surface area contributed by atoms with Crippen LogP contribution < -0.4 is 5.32 Å². The van der Waals surface area contributed by atoms with Crippen molar-refractivity contribution in [3.05, 3.63) is 11.9 Å². The van der Waals surface area contributed by atoms with Crippen molar-refractivity contribution < 1.29 is 0 Å². The average Bonchev–Trinajstić information content (AvgIpc) is 2.63. The van der Waals surface area contributed by atoms with Crippen LogP contribution in [0, 0.1) is 5.92 Å². The van der Waals surface area contributed by atoms with E-state index in [0.29, 0.717) is 0 Å². The Hall–Kier alpha value is -0.900. The average molecular weight is 196 g/mol. The monoisotopic (exact) mass is 196 g/mol. The lowest BCUT2D eigenvalue weighted by atomic mass is 10.0. The van der Waals surface area contributed by atoms with Crippen molar-refractivity contribution in [1.82, 2.24) is 20.3 Å². The fourth-order valence-electron chi connectivity index (χ4n) is 1.50. The van der Waals surface area contributed by atoms with Crippen molar-refractivity contribution in [2.24, 2.45) is 5.92 Å². The first-order chi connectivity index (χ1) is 6.80. The van der Waals surface area contributed by atoms with Crippen LogP contribution in [-0.2, 0) is 13.1 Å². The van der Waals surface area contributed by atoms with Gasteiger partial charge in [-0.1, -0.05) is 31.9 Å². The zero-order chi connectivity index (χ0) is 10.4. The first kappa shape index (κ1) is 11.2. The fourth-order valence-corrected chi connectivity index (χ4v) is 1.50. The van der Waals surface area contributed by atoms with Crippen LogP contribution in [0.5, 0.6) is 0 Å². The highest BCUT2D eigenvalue weighted by Gasteiger charge is 2.06. The van der Waals surface area contributed by atoms with Crippen LogP contribution in [0.1, 0.15) is 32.4 Å². The summed E-state index contributed by atoms with van der Waals surface area (Å²) in [5.74, 6) is 0.721. The SMILES string of the molecule is CCC(CC)Cn1cc(CNC)nn1. The van der Waals surface area contributed by atoms with Crippen molar-refractivity contribution in [2.45, 2.75) is 39.8 Å². The summed E-state index contributed by atoms with van der Waals surface area (Å²) in [5.41, 5.74) is 1.01. The van der Waals surface area contributed by atoms with Gasteiger partial charge in [-0.15, -0.1) is 5.10 Å². The molecule has 0 saturated heterocycles. The van der Waals surface area contributed by atoms with Gasteiger partial charge in [-0.3, -0.25) is 4.68 Å². The van der Waals surface area contributed by atoms with Crippen LogP contribution in [0.3, 0.4) is 0 Å². The summed E-state index contributed by atoms with van der Waals surface area (Å²) in [6, 6.07) is 0. The van der Waals surface area contributed by atoms with Crippen LogP contribution in [0.4, 0.5) is 0 Å². The van der Waals surface area contributed by atoms with Gasteiger partial charge in [0.05, 0.1) is 5.69 Å². The molecule has 0 aromatic carbocycles. The van der Waals surface area contributed by atoms with Gasteiger partial charge < -0.3 is 5.32 Å². The second-order valence-corrected chi connectivity index (χ2v) is 3.64. The molecule has 1 heterocycles. The van der Waals surface area contributed by atoms with E-state index < -0.39 is 0 Å². The summed E-state index contributed by atoms with van der Waals surface area (Å²) in [6.45, 7) is 6.23. The second kappa shape index (κ2) is 5.75. The molecule has 0 atom stereocenters. The fraction of sp³-hybridized carbons (Fsp3) is 0.800. The van der Waals surface area contributed by atoms with E-state index in [4.69, 9.17) is 0 Å². The van der Waals surface area contributed by atoms with E-state index in [-0.39, 0.29) is 0 Å². The number of nitrogens with zero attached hydrogens (tertiary/aromatic N) is 3. The zero-order valence-electron chi connectivity index (χ0n) is 9.32. The topological polar surface area (TPSA) is 42.7 Å². The number of hydrogen-bond acceptors (Lipinski definition) is 3. The van der Waals surface area contributed by atoms with E-state index in [1.807, 2.05) is 17.9 Å². The first-order valence-electron chi connectivity index (χ1n) is 5.33. The molecule has 14 heavy (non-hydrogen) atoms. The Morgan fingerprint density at radius 3 is 2.71 bits per heavy atom. The normalized spacial score (nSPS) is 11.1. The molecular weight excluding hydrogens is 176 g/mol.